The third-order valence-electron chi connectivity index (χ3n) is 4.66. The van der Waals surface area contributed by atoms with E-state index >= 15 is 0 Å². The lowest BCUT2D eigenvalue weighted by atomic mass is 10.2. The van der Waals surface area contributed by atoms with Crippen LogP contribution in [0.2, 0.25) is 0 Å². The van der Waals surface area contributed by atoms with Crippen molar-refractivity contribution in [1.82, 2.24) is 0 Å². The first-order chi connectivity index (χ1) is 13.2. The van der Waals surface area contributed by atoms with Crippen LogP contribution in [0.1, 0.15) is 57.8 Å². The molecule has 0 spiro atoms. The van der Waals surface area contributed by atoms with E-state index in [9.17, 15) is 8.42 Å². The van der Waals surface area contributed by atoms with Crippen molar-refractivity contribution in [2.75, 3.05) is 49.4 Å². The van der Waals surface area contributed by atoms with Gasteiger partial charge >= 0.3 is 0 Å². The molecule has 4 atom stereocenters. The molecule has 2 fully saturated rings. The summed E-state index contributed by atoms with van der Waals surface area (Å²) in [5, 5.41) is 0. The fraction of sp³-hybridized carbons (Fsp3) is 1.00. The molecule has 27 heavy (non-hydrogen) atoms. The summed E-state index contributed by atoms with van der Waals surface area (Å²) in [6.45, 7) is 2.78. The standard InChI is InChI=1S/C19H36O6S2/c20-26(14-5-12-24-18-8-1-3-10-22-18)16-7-17-27(21)15-6-13-25-19-9-2-4-11-23-19/h18-19H,1-17H2. The molecule has 0 saturated carbocycles. The van der Waals surface area contributed by atoms with Crippen molar-refractivity contribution in [1.29, 1.82) is 0 Å². The summed E-state index contributed by atoms with van der Waals surface area (Å²) in [5.41, 5.74) is 0. The van der Waals surface area contributed by atoms with Crippen LogP contribution in [0.25, 0.3) is 0 Å². The van der Waals surface area contributed by atoms with E-state index in [0.29, 0.717) is 36.2 Å². The van der Waals surface area contributed by atoms with E-state index in [1.807, 2.05) is 0 Å². The van der Waals surface area contributed by atoms with Gasteiger partial charge in [0, 0.05) is 57.8 Å². The van der Waals surface area contributed by atoms with Crippen LogP contribution in [0, 0.1) is 0 Å². The van der Waals surface area contributed by atoms with Gasteiger partial charge in [0.2, 0.25) is 0 Å². The molecule has 0 aromatic rings. The second kappa shape index (κ2) is 15.0. The zero-order valence-corrected chi connectivity index (χ0v) is 18.1. The third-order valence-corrected chi connectivity index (χ3v) is 7.64. The smallest absolute Gasteiger partial charge is 0.157 e. The van der Waals surface area contributed by atoms with E-state index in [0.717, 1.165) is 71.0 Å². The van der Waals surface area contributed by atoms with Crippen molar-refractivity contribution in [3.05, 3.63) is 0 Å². The van der Waals surface area contributed by atoms with E-state index in [4.69, 9.17) is 18.9 Å². The Morgan fingerprint density at radius 3 is 1.52 bits per heavy atom. The molecule has 6 nitrogen and oxygen atoms in total. The van der Waals surface area contributed by atoms with Gasteiger partial charge in [-0.2, -0.15) is 0 Å². The maximum Gasteiger partial charge on any atom is 0.157 e. The average Bonchev–Trinajstić information content (AvgIpc) is 2.70. The summed E-state index contributed by atoms with van der Waals surface area (Å²) in [7, 11) is -1.70. The topological polar surface area (TPSA) is 71.1 Å². The van der Waals surface area contributed by atoms with E-state index in [1.54, 1.807) is 0 Å². The molecule has 2 saturated heterocycles. The van der Waals surface area contributed by atoms with Crippen LogP contribution in [-0.2, 0) is 40.5 Å². The largest absolute Gasteiger partial charge is 0.353 e. The third kappa shape index (κ3) is 11.7. The van der Waals surface area contributed by atoms with Crippen molar-refractivity contribution in [3.8, 4) is 0 Å². The first kappa shape index (κ1) is 23.4. The zero-order valence-electron chi connectivity index (χ0n) is 16.4. The Bertz CT molecular complexity index is 384. The molecule has 2 rings (SSSR count). The molecular formula is C19H36O6S2. The molecule has 0 aromatic carbocycles. The second-order valence-corrected chi connectivity index (χ2v) is 10.5. The number of hydrogen-bond acceptors (Lipinski definition) is 6. The predicted molar refractivity (Wildman–Crippen MR) is 109 cm³/mol. The quantitative estimate of drug-likeness (QED) is 0.399. The van der Waals surface area contributed by atoms with Gasteiger partial charge in [0.05, 0.1) is 13.2 Å². The first-order valence-corrected chi connectivity index (χ1v) is 13.4. The summed E-state index contributed by atoms with van der Waals surface area (Å²) in [4.78, 5) is 0. The lowest BCUT2D eigenvalue weighted by molar-refractivity contribution is -0.162. The number of ether oxygens (including phenoxy) is 4. The molecule has 0 aliphatic carbocycles. The Morgan fingerprint density at radius 2 is 1.11 bits per heavy atom. The SMILES string of the molecule is O=S(CCCOC1CCCCO1)CCCS(=O)CCCOC1CCCCO1. The summed E-state index contributed by atoms with van der Waals surface area (Å²) in [6, 6.07) is 0. The van der Waals surface area contributed by atoms with Gasteiger partial charge in [-0.15, -0.1) is 0 Å². The van der Waals surface area contributed by atoms with Crippen LogP contribution in [0.15, 0.2) is 0 Å². The summed E-state index contributed by atoms with van der Waals surface area (Å²) in [6.07, 6.45) is 8.68. The predicted octanol–water partition coefficient (Wildman–Crippen LogP) is 2.74. The van der Waals surface area contributed by atoms with Gasteiger partial charge in [0.15, 0.2) is 12.6 Å². The molecule has 2 aliphatic heterocycles. The molecule has 2 heterocycles. The highest BCUT2D eigenvalue weighted by atomic mass is 32.2. The molecule has 160 valence electrons. The fourth-order valence-corrected chi connectivity index (χ4v) is 5.54. The van der Waals surface area contributed by atoms with Gasteiger partial charge in [-0.3, -0.25) is 8.42 Å². The Balaban J connectivity index is 1.37. The van der Waals surface area contributed by atoms with E-state index in [-0.39, 0.29) is 12.6 Å². The number of rotatable bonds is 14. The molecule has 0 N–H and O–H groups in total. The van der Waals surface area contributed by atoms with Crippen molar-refractivity contribution in [2.45, 2.75) is 70.4 Å². The van der Waals surface area contributed by atoms with Crippen molar-refractivity contribution in [2.24, 2.45) is 0 Å². The van der Waals surface area contributed by atoms with Crippen LogP contribution in [0.4, 0.5) is 0 Å². The maximum absolute atomic E-state index is 12.0. The normalized spacial score (nSPS) is 25.9. The highest BCUT2D eigenvalue weighted by molar-refractivity contribution is 7.85. The highest BCUT2D eigenvalue weighted by Crippen LogP contribution is 2.14. The van der Waals surface area contributed by atoms with E-state index < -0.39 is 21.6 Å². The van der Waals surface area contributed by atoms with E-state index in [1.165, 1.54) is 0 Å². The van der Waals surface area contributed by atoms with Gasteiger partial charge in [-0.1, -0.05) is 0 Å². The minimum absolute atomic E-state index is 0.0664. The molecule has 0 radical (unpaired) electrons. The molecular weight excluding hydrogens is 388 g/mol. The first-order valence-electron chi connectivity index (χ1n) is 10.4. The number of hydrogen-bond donors (Lipinski definition) is 0. The van der Waals surface area contributed by atoms with Crippen LogP contribution in [-0.4, -0.2) is 70.4 Å². The van der Waals surface area contributed by atoms with Gasteiger partial charge in [0.1, 0.15) is 0 Å². The van der Waals surface area contributed by atoms with Crippen LogP contribution in [0.5, 0.6) is 0 Å². The summed E-state index contributed by atoms with van der Waals surface area (Å²) in [5.74, 6) is 2.54. The van der Waals surface area contributed by atoms with Crippen molar-refractivity contribution >= 4 is 21.6 Å². The Hall–Kier alpha value is 0.140. The van der Waals surface area contributed by atoms with Crippen molar-refractivity contribution in [3.63, 3.8) is 0 Å². The fourth-order valence-electron chi connectivity index (χ4n) is 3.14. The molecule has 0 aromatic heterocycles. The maximum atomic E-state index is 12.0. The van der Waals surface area contributed by atoms with Gasteiger partial charge in [0.25, 0.3) is 0 Å². The van der Waals surface area contributed by atoms with Gasteiger partial charge in [-0.05, 0) is 57.8 Å². The van der Waals surface area contributed by atoms with Crippen LogP contribution < -0.4 is 0 Å². The van der Waals surface area contributed by atoms with E-state index in [2.05, 4.69) is 0 Å². The van der Waals surface area contributed by atoms with Crippen LogP contribution in [0.3, 0.4) is 0 Å². The van der Waals surface area contributed by atoms with Crippen molar-refractivity contribution < 1.29 is 27.4 Å². The lowest BCUT2D eigenvalue weighted by Gasteiger charge is -2.22. The lowest BCUT2D eigenvalue weighted by Crippen LogP contribution is -2.23. The average molecular weight is 425 g/mol. The minimum atomic E-state index is -0.850. The monoisotopic (exact) mass is 424 g/mol. The molecule has 8 heteroatoms. The molecule has 2 aliphatic rings. The molecule has 0 bridgehead atoms. The molecule has 0 amide bonds. The highest BCUT2D eigenvalue weighted by Gasteiger charge is 2.14. The van der Waals surface area contributed by atoms with Gasteiger partial charge in [-0.25, -0.2) is 0 Å². The summed E-state index contributed by atoms with van der Waals surface area (Å²) < 4.78 is 46.3. The van der Waals surface area contributed by atoms with Gasteiger partial charge < -0.3 is 18.9 Å². The Labute approximate surface area is 168 Å². The second-order valence-electron chi connectivity index (χ2n) is 7.09. The van der Waals surface area contributed by atoms with Crippen LogP contribution >= 0.6 is 0 Å². The zero-order chi connectivity index (χ0) is 19.2. The minimum Gasteiger partial charge on any atom is -0.353 e. The Kier molecular flexibility index (Phi) is 13.0. The Morgan fingerprint density at radius 1 is 0.667 bits per heavy atom. The summed E-state index contributed by atoms with van der Waals surface area (Å²) >= 11 is 0. The molecule has 4 unspecified atom stereocenters.